The fourth-order valence-corrected chi connectivity index (χ4v) is 4.64. The molecule has 13 nitrogen and oxygen atoms in total. The summed E-state index contributed by atoms with van der Waals surface area (Å²) in [6.45, 7) is 8.13. The molecule has 0 atom stereocenters. The number of carboxylic acid groups (broad SMARTS) is 1. The van der Waals surface area contributed by atoms with Gasteiger partial charge >= 0.3 is 12.1 Å². The average Bonchev–Trinajstić information content (AvgIpc) is 2.99. The molecule has 1 saturated heterocycles. The third-order valence-corrected chi connectivity index (χ3v) is 6.74. The summed E-state index contributed by atoms with van der Waals surface area (Å²) in [5, 5.41) is 11.3. The van der Waals surface area contributed by atoms with Crippen LogP contribution in [0.4, 0.5) is 16.6 Å². The molecule has 0 unspecified atom stereocenters. The molecule has 0 saturated carbocycles. The molecule has 44 heavy (non-hydrogen) atoms. The number of aliphatic carboxylic acids is 1. The Hall–Kier alpha value is -4.78. The van der Waals surface area contributed by atoms with Crippen LogP contribution in [0.5, 0.6) is 0 Å². The highest BCUT2D eigenvalue weighted by Gasteiger charge is 2.22. The van der Waals surface area contributed by atoms with Crippen molar-refractivity contribution in [3.63, 3.8) is 0 Å². The van der Waals surface area contributed by atoms with E-state index >= 15 is 0 Å². The number of carbonyl (C=O) groups is 3. The lowest BCUT2D eigenvalue weighted by Gasteiger charge is -2.36. The zero-order valence-corrected chi connectivity index (χ0v) is 25.5. The van der Waals surface area contributed by atoms with Crippen molar-refractivity contribution in [3.05, 3.63) is 66.1 Å². The van der Waals surface area contributed by atoms with E-state index in [1.54, 1.807) is 51.3 Å². The van der Waals surface area contributed by atoms with Gasteiger partial charge in [0.15, 0.2) is 0 Å². The van der Waals surface area contributed by atoms with E-state index < -0.39 is 17.7 Å². The number of nitrogens with zero attached hydrogens (tertiary/aromatic N) is 6. The second-order valence-corrected chi connectivity index (χ2v) is 11.4. The molecular weight excluding hydrogens is 566 g/mol. The summed E-state index contributed by atoms with van der Waals surface area (Å²) >= 11 is 0. The highest BCUT2D eigenvalue weighted by molar-refractivity contribution is 5.82. The van der Waals surface area contributed by atoms with Crippen LogP contribution < -0.4 is 15.1 Å². The van der Waals surface area contributed by atoms with Gasteiger partial charge in [0.2, 0.25) is 11.9 Å². The van der Waals surface area contributed by atoms with Crippen molar-refractivity contribution < 1.29 is 29.0 Å². The lowest BCUT2D eigenvalue weighted by atomic mass is 10.1. The maximum atomic E-state index is 12.5. The lowest BCUT2D eigenvalue weighted by molar-refractivity contribution is -0.142. The fourth-order valence-electron chi connectivity index (χ4n) is 4.64. The third kappa shape index (κ3) is 9.36. The monoisotopic (exact) mass is 605 g/mol. The quantitative estimate of drug-likeness (QED) is 0.332. The van der Waals surface area contributed by atoms with Crippen LogP contribution in [-0.2, 0) is 32.2 Å². The lowest BCUT2D eigenvalue weighted by Crippen LogP contribution is -2.47. The number of amides is 2. The van der Waals surface area contributed by atoms with E-state index in [2.05, 4.69) is 30.1 Å². The maximum absolute atomic E-state index is 12.5. The average molecular weight is 606 g/mol. The van der Waals surface area contributed by atoms with E-state index in [1.165, 1.54) is 0 Å². The molecule has 13 heteroatoms. The molecule has 0 radical (unpaired) electrons. The Morgan fingerprint density at radius 1 is 0.977 bits per heavy atom. The standard InChI is InChI=1S/C31H39N7O6/c1-31(2,3)44-30(42)35-18-26(39)36(4)19-22-7-5-8-23(15-22)25-16-33-29(34-17-25)38-13-11-37(12-14-38)28-24(9-6-10-32-28)20-43-21-27(40)41/h5-10,15-17H,11-14,18-21H2,1-4H3,(H,35,42)(H,40,41). The number of hydrogen-bond donors (Lipinski definition) is 2. The molecule has 0 bridgehead atoms. The maximum Gasteiger partial charge on any atom is 0.408 e. The topological polar surface area (TPSA) is 150 Å². The number of likely N-dealkylation sites (N-methyl/N-ethyl adjacent to an activating group) is 1. The van der Waals surface area contributed by atoms with Crippen LogP contribution in [-0.4, -0.2) is 94.9 Å². The van der Waals surface area contributed by atoms with Gasteiger partial charge in [0.25, 0.3) is 0 Å². The molecule has 234 valence electrons. The van der Waals surface area contributed by atoms with Crippen molar-refractivity contribution in [2.75, 3.05) is 56.2 Å². The second kappa shape index (κ2) is 14.6. The van der Waals surface area contributed by atoms with Crippen LogP contribution in [0.25, 0.3) is 11.1 Å². The first-order valence-corrected chi connectivity index (χ1v) is 14.3. The number of carboxylic acids is 1. The van der Waals surface area contributed by atoms with Crippen molar-refractivity contribution in [1.29, 1.82) is 0 Å². The minimum Gasteiger partial charge on any atom is -0.480 e. The van der Waals surface area contributed by atoms with Gasteiger partial charge in [0.05, 0.1) is 6.61 Å². The summed E-state index contributed by atoms with van der Waals surface area (Å²) in [5.74, 6) is 0.187. The molecule has 3 heterocycles. The van der Waals surface area contributed by atoms with Crippen molar-refractivity contribution in [1.82, 2.24) is 25.2 Å². The van der Waals surface area contributed by atoms with Gasteiger partial charge in [0, 0.05) is 69.5 Å². The minimum atomic E-state index is -1.01. The molecule has 0 spiro atoms. The first-order chi connectivity index (χ1) is 21.0. The number of ether oxygens (including phenoxy) is 2. The fraction of sp³-hybridized carbons (Fsp3) is 0.419. The Bertz CT molecular complexity index is 1440. The zero-order valence-electron chi connectivity index (χ0n) is 25.5. The normalized spacial score (nSPS) is 13.4. The summed E-state index contributed by atoms with van der Waals surface area (Å²) in [6.07, 6.45) is 4.68. The zero-order chi connectivity index (χ0) is 31.7. The van der Waals surface area contributed by atoms with Crippen molar-refractivity contribution in [2.45, 2.75) is 39.5 Å². The van der Waals surface area contributed by atoms with Gasteiger partial charge in [-0.3, -0.25) is 4.79 Å². The number of anilines is 2. The Balaban J connectivity index is 1.30. The molecule has 4 rings (SSSR count). The Labute approximate surface area is 256 Å². The van der Waals surface area contributed by atoms with Gasteiger partial charge in [-0.2, -0.15) is 0 Å². The molecule has 2 N–H and O–H groups in total. The summed E-state index contributed by atoms with van der Waals surface area (Å²) in [7, 11) is 1.69. The second-order valence-electron chi connectivity index (χ2n) is 11.4. The van der Waals surface area contributed by atoms with E-state index in [-0.39, 0.29) is 25.7 Å². The van der Waals surface area contributed by atoms with E-state index in [4.69, 9.17) is 14.6 Å². The molecule has 2 amide bonds. The van der Waals surface area contributed by atoms with Gasteiger partial charge < -0.3 is 34.6 Å². The predicted octanol–water partition coefficient (Wildman–Crippen LogP) is 2.95. The molecule has 1 aromatic carbocycles. The number of rotatable bonds is 11. The van der Waals surface area contributed by atoms with Gasteiger partial charge in [0.1, 0.15) is 24.6 Å². The summed E-state index contributed by atoms with van der Waals surface area (Å²) in [4.78, 5) is 54.8. The van der Waals surface area contributed by atoms with Crippen LogP contribution in [0.2, 0.25) is 0 Å². The largest absolute Gasteiger partial charge is 0.480 e. The van der Waals surface area contributed by atoms with E-state index in [1.807, 2.05) is 36.4 Å². The van der Waals surface area contributed by atoms with E-state index in [9.17, 15) is 14.4 Å². The number of nitrogens with one attached hydrogen (secondary N) is 1. The van der Waals surface area contributed by atoms with Crippen molar-refractivity contribution in [2.24, 2.45) is 0 Å². The molecule has 3 aromatic rings. The van der Waals surface area contributed by atoms with Gasteiger partial charge in [-0.15, -0.1) is 0 Å². The van der Waals surface area contributed by atoms with Crippen LogP contribution in [0.1, 0.15) is 31.9 Å². The highest BCUT2D eigenvalue weighted by atomic mass is 16.6. The molecule has 1 aliphatic heterocycles. The SMILES string of the molecule is CN(Cc1cccc(-c2cnc(N3CCN(c4ncccc4COCC(=O)O)CC3)nc2)c1)C(=O)CNC(=O)OC(C)(C)C. The molecule has 1 aliphatic rings. The molecule has 0 aliphatic carbocycles. The molecule has 1 fully saturated rings. The van der Waals surface area contributed by atoms with E-state index in [0.29, 0.717) is 38.7 Å². The Kier molecular flexibility index (Phi) is 10.7. The Morgan fingerprint density at radius 3 is 2.36 bits per heavy atom. The highest BCUT2D eigenvalue weighted by Crippen LogP contribution is 2.23. The van der Waals surface area contributed by atoms with Crippen LogP contribution in [0.15, 0.2) is 55.0 Å². The van der Waals surface area contributed by atoms with Crippen LogP contribution in [0, 0.1) is 0 Å². The third-order valence-electron chi connectivity index (χ3n) is 6.74. The molecule has 2 aromatic heterocycles. The van der Waals surface area contributed by atoms with Crippen LogP contribution in [0.3, 0.4) is 0 Å². The van der Waals surface area contributed by atoms with Crippen molar-refractivity contribution in [3.8, 4) is 11.1 Å². The van der Waals surface area contributed by atoms with E-state index in [0.717, 1.165) is 28.1 Å². The predicted molar refractivity (Wildman–Crippen MR) is 164 cm³/mol. The summed E-state index contributed by atoms with van der Waals surface area (Å²) in [5.41, 5.74) is 2.92. The number of alkyl carbamates (subject to hydrolysis) is 1. The van der Waals surface area contributed by atoms with Crippen molar-refractivity contribution >= 4 is 29.7 Å². The first kappa shape index (κ1) is 32.1. The number of carbonyl (C=O) groups excluding carboxylic acids is 2. The number of benzene rings is 1. The minimum absolute atomic E-state index is 0.154. The van der Waals surface area contributed by atoms with Gasteiger partial charge in [-0.1, -0.05) is 24.3 Å². The van der Waals surface area contributed by atoms with Gasteiger partial charge in [-0.25, -0.2) is 24.5 Å². The van der Waals surface area contributed by atoms with Crippen LogP contribution >= 0.6 is 0 Å². The number of hydrogen-bond acceptors (Lipinski definition) is 10. The smallest absolute Gasteiger partial charge is 0.408 e. The Morgan fingerprint density at radius 2 is 1.68 bits per heavy atom. The number of aromatic nitrogens is 3. The summed E-state index contributed by atoms with van der Waals surface area (Å²) < 4.78 is 10.5. The molecular formula is C31H39N7O6. The summed E-state index contributed by atoms with van der Waals surface area (Å²) in [6, 6.07) is 11.5. The first-order valence-electron chi connectivity index (χ1n) is 14.3. The number of pyridine rings is 1. The number of piperazine rings is 1. The van der Waals surface area contributed by atoms with Gasteiger partial charge in [-0.05, 0) is 44.0 Å².